The van der Waals surface area contributed by atoms with Gasteiger partial charge >= 0.3 is 0 Å². The van der Waals surface area contributed by atoms with Gasteiger partial charge < -0.3 is 18.2 Å². The molecular weight excluding hydrogens is 697 g/mol. The number of rotatable bonds is 5. The molecule has 0 aliphatic rings. The van der Waals surface area contributed by atoms with Crippen LogP contribution in [0.15, 0.2) is 183 Å². The molecule has 4 heterocycles. The third-order valence-electron chi connectivity index (χ3n) is 10.7. The Balaban J connectivity index is 0.979. The van der Waals surface area contributed by atoms with Gasteiger partial charge in [-0.2, -0.15) is 0 Å². The second-order valence-electron chi connectivity index (χ2n) is 13.9. The summed E-state index contributed by atoms with van der Waals surface area (Å²) in [6, 6.07) is 59.3. The van der Waals surface area contributed by atoms with Gasteiger partial charge in [-0.25, -0.2) is 4.98 Å². The van der Waals surface area contributed by atoms with Crippen LogP contribution >= 0.6 is 11.3 Å². The third-order valence-corrected chi connectivity index (χ3v) is 11.8. The molecule has 12 rings (SSSR count). The van der Waals surface area contributed by atoms with Gasteiger partial charge in [-0.1, -0.05) is 78.9 Å². The fourth-order valence-corrected chi connectivity index (χ4v) is 9.23. The second-order valence-corrected chi connectivity index (χ2v) is 15.0. The van der Waals surface area contributed by atoms with Gasteiger partial charge in [0.05, 0.1) is 5.39 Å². The van der Waals surface area contributed by atoms with Crippen molar-refractivity contribution < 1.29 is 13.3 Å². The van der Waals surface area contributed by atoms with E-state index in [0.29, 0.717) is 5.89 Å². The number of nitrogens with zero attached hydrogens (tertiary/aromatic N) is 2. The summed E-state index contributed by atoms with van der Waals surface area (Å²) in [7, 11) is 0. The molecule has 6 heteroatoms. The van der Waals surface area contributed by atoms with Gasteiger partial charge in [0, 0.05) is 65.0 Å². The minimum Gasteiger partial charge on any atom is -0.456 e. The molecule has 0 unspecified atom stereocenters. The van der Waals surface area contributed by atoms with Crippen LogP contribution in [0.4, 0.5) is 17.1 Å². The minimum absolute atomic E-state index is 0.597. The van der Waals surface area contributed by atoms with Crippen LogP contribution in [0.3, 0.4) is 0 Å². The molecule has 0 spiro atoms. The molecule has 5 nitrogen and oxygen atoms in total. The molecule has 0 saturated carbocycles. The molecule has 12 aromatic rings. The fourth-order valence-electron chi connectivity index (χ4n) is 8.09. The van der Waals surface area contributed by atoms with E-state index in [0.717, 1.165) is 88.7 Å². The Hall–Kier alpha value is -7.15. The van der Waals surface area contributed by atoms with E-state index in [9.17, 15) is 0 Å². The van der Waals surface area contributed by atoms with Crippen molar-refractivity contribution in [3.8, 4) is 22.6 Å². The van der Waals surface area contributed by atoms with Crippen molar-refractivity contribution in [1.82, 2.24) is 4.98 Å². The van der Waals surface area contributed by atoms with Crippen LogP contribution < -0.4 is 4.90 Å². The van der Waals surface area contributed by atoms with Crippen LogP contribution in [0.1, 0.15) is 0 Å². The summed E-state index contributed by atoms with van der Waals surface area (Å²) >= 11 is 1.83. The Bertz CT molecular complexity index is 3330. The lowest BCUT2D eigenvalue weighted by Gasteiger charge is -2.26. The third kappa shape index (κ3) is 4.75. The van der Waals surface area contributed by atoms with E-state index < -0.39 is 0 Å². The highest BCUT2D eigenvalue weighted by atomic mass is 32.1. The van der Waals surface area contributed by atoms with Crippen molar-refractivity contribution in [2.24, 2.45) is 0 Å². The SMILES string of the molecule is c1ccc(-c2nc3ccc4oc5ccc(-c6ccc(N(c7ccc8c(c7)oc7ccccc78)c7ccc8c(c7)sc7ccccc78)cc6)cc5c4c3o2)cc1. The van der Waals surface area contributed by atoms with E-state index >= 15 is 0 Å². The van der Waals surface area contributed by atoms with Gasteiger partial charge in [-0.3, -0.25) is 0 Å². The molecule has 0 fully saturated rings. The summed E-state index contributed by atoms with van der Waals surface area (Å²) in [5.41, 5.74) is 11.2. The van der Waals surface area contributed by atoms with Crippen LogP contribution in [-0.2, 0) is 0 Å². The highest BCUT2D eigenvalue weighted by Gasteiger charge is 2.19. The molecule has 55 heavy (non-hydrogen) atoms. The Labute approximate surface area is 317 Å². The number of benzene rings is 8. The molecule has 0 amide bonds. The highest BCUT2D eigenvalue weighted by molar-refractivity contribution is 7.25. The van der Waals surface area contributed by atoms with Crippen molar-refractivity contribution in [3.05, 3.63) is 170 Å². The average molecular weight is 725 g/mol. The van der Waals surface area contributed by atoms with Gasteiger partial charge in [-0.05, 0) is 96.1 Å². The summed E-state index contributed by atoms with van der Waals surface area (Å²) in [5.74, 6) is 0.597. The molecule has 8 aromatic carbocycles. The number of aromatic nitrogens is 1. The lowest BCUT2D eigenvalue weighted by atomic mass is 10.0. The first-order valence-corrected chi connectivity index (χ1v) is 19.1. The van der Waals surface area contributed by atoms with Gasteiger partial charge in [0.25, 0.3) is 0 Å². The lowest BCUT2D eigenvalue weighted by Crippen LogP contribution is -2.09. The van der Waals surface area contributed by atoms with E-state index in [2.05, 4.69) is 114 Å². The Kier molecular flexibility index (Phi) is 6.44. The summed E-state index contributed by atoms with van der Waals surface area (Å²) in [6.07, 6.45) is 0. The summed E-state index contributed by atoms with van der Waals surface area (Å²) in [5, 5.41) is 6.72. The van der Waals surface area contributed by atoms with E-state index in [1.54, 1.807) is 0 Å². The van der Waals surface area contributed by atoms with E-state index in [-0.39, 0.29) is 0 Å². The van der Waals surface area contributed by atoms with Crippen molar-refractivity contribution in [2.45, 2.75) is 0 Å². The molecule has 0 N–H and O–H groups in total. The first-order valence-electron chi connectivity index (χ1n) is 18.3. The number of hydrogen-bond acceptors (Lipinski definition) is 6. The standard InChI is InChI=1S/C49H28N2O3S/c1-2-8-30(9-3-1)49-50-40-23-25-43-47(48(40)54-49)39-26-31(16-24-42(39)52-43)29-14-17-32(18-15-29)51(33-19-21-36-35-10-4-6-12-41(35)53-44(36)27-33)34-20-22-38-37-11-5-7-13-45(37)55-46(38)28-34/h1-28H. The fraction of sp³-hybridized carbons (Fsp3) is 0. The predicted octanol–water partition coefficient (Wildman–Crippen LogP) is 14.8. The van der Waals surface area contributed by atoms with Gasteiger partial charge in [0.2, 0.25) is 5.89 Å². The molecule has 0 aliphatic heterocycles. The number of fused-ring (bicyclic) bond motifs is 11. The van der Waals surface area contributed by atoms with E-state index in [1.165, 1.54) is 20.2 Å². The Morgan fingerprint density at radius 1 is 0.400 bits per heavy atom. The molecule has 0 saturated heterocycles. The Morgan fingerprint density at radius 3 is 1.95 bits per heavy atom. The minimum atomic E-state index is 0.597. The first-order chi connectivity index (χ1) is 27.2. The van der Waals surface area contributed by atoms with Crippen molar-refractivity contribution in [1.29, 1.82) is 0 Å². The normalized spacial score (nSPS) is 12.0. The van der Waals surface area contributed by atoms with Crippen molar-refractivity contribution in [2.75, 3.05) is 4.90 Å². The number of para-hydroxylation sites is 1. The zero-order valence-corrected chi connectivity index (χ0v) is 30.0. The van der Waals surface area contributed by atoms with Crippen LogP contribution in [0, 0.1) is 0 Å². The molecule has 258 valence electrons. The molecule has 0 atom stereocenters. The zero-order chi connectivity index (χ0) is 36.0. The van der Waals surface area contributed by atoms with Gasteiger partial charge in [-0.15, -0.1) is 11.3 Å². The van der Waals surface area contributed by atoms with Crippen LogP contribution in [0.5, 0.6) is 0 Å². The maximum atomic E-state index is 6.41. The van der Waals surface area contributed by atoms with Crippen LogP contribution in [-0.4, -0.2) is 4.98 Å². The number of oxazole rings is 1. The molecule has 0 bridgehead atoms. The monoisotopic (exact) mass is 724 g/mol. The molecule has 0 aliphatic carbocycles. The lowest BCUT2D eigenvalue weighted by molar-refractivity contribution is 0.622. The van der Waals surface area contributed by atoms with Crippen LogP contribution in [0.2, 0.25) is 0 Å². The predicted molar refractivity (Wildman–Crippen MR) is 227 cm³/mol. The number of hydrogen-bond donors (Lipinski definition) is 0. The quantitative estimate of drug-likeness (QED) is 0.177. The summed E-state index contributed by atoms with van der Waals surface area (Å²) < 4.78 is 21.6. The van der Waals surface area contributed by atoms with E-state index in [1.807, 2.05) is 72.0 Å². The molecular formula is C49H28N2O3S. The Morgan fingerprint density at radius 2 is 1.05 bits per heavy atom. The summed E-state index contributed by atoms with van der Waals surface area (Å²) in [4.78, 5) is 7.13. The van der Waals surface area contributed by atoms with Crippen molar-refractivity contribution in [3.63, 3.8) is 0 Å². The second kappa shape index (κ2) is 11.7. The summed E-state index contributed by atoms with van der Waals surface area (Å²) in [6.45, 7) is 0. The van der Waals surface area contributed by atoms with Crippen molar-refractivity contribution >= 4 is 104 Å². The number of furan rings is 2. The zero-order valence-electron chi connectivity index (χ0n) is 29.2. The highest BCUT2D eigenvalue weighted by Crippen LogP contribution is 2.43. The average Bonchev–Trinajstić information content (AvgIpc) is 4.02. The molecule has 0 radical (unpaired) electrons. The van der Waals surface area contributed by atoms with Gasteiger partial charge in [0.15, 0.2) is 5.58 Å². The van der Waals surface area contributed by atoms with E-state index in [4.69, 9.17) is 18.2 Å². The van der Waals surface area contributed by atoms with Crippen LogP contribution in [0.25, 0.3) is 97.7 Å². The number of thiophene rings is 1. The van der Waals surface area contributed by atoms with Gasteiger partial charge in [0.1, 0.15) is 27.8 Å². The molecule has 4 aromatic heterocycles. The largest absolute Gasteiger partial charge is 0.456 e. The maximum Gasteiger partial charge on any atom is 0.227 e. The maximum absolute atomic E-state index is 6.41. The first kappa shape index (κ1) is 30.3. The smallest absolute Gasteiger partial charge is 0.227 e. The topological polar surface area (TPSA) is 55.6 Å². The number of anilines is 3.